The van der Waals surface area contributed by atoms with E-state index >= 15 is 0 Å². The lowest BCUT2D eigenvalue weighted by molar-refractivity contribution is -0.145. The fraction of sp³-hybridized carbons (Fsp3) is 0.929. The van der Waals surface area contributed by atoms with Crippen molar-refractivity contribution in [1.29, 1.82) is 0 Å². The topological polar surface area (TPSA) is 75.8 Å². The summed E-state index contributed by atoms with van der Waals surface area (Å²) in [5, 5.41) is 9.97. The Balaban J connectivity index is 2.45. The maximum Gasteiger partial charge on any atom is 0.320 e. The van der Waals surface area contributed by atoms with Gasteiger partial charge in [-0.25, -0.2) is 0 Å². The highest BCUT2D eigenvalue weighted by Crippen LogP contribution is 2.22. The molecule has 112 valence electrons. The van der Waals surface area contributed by atoms with Crippen LogP contribution in [0.15, 0.2) is 0 Å². The van der Waals surface area contributed by atoms with Crippen molar-refractivity contribution in [3.63, 3.8) is 0 Å². The van der Waals surface area contributed by atoms with Crippen LogP contribution in [-0.2, 0) is 9.53 Å². The van der Waals surface area contributed by atoms with Gasteiger partial charge in [0.05, 0.1) is 19.3 Å². The molecular weight excluding hydrogens is 244 g/mol. The lowest BCUT2D eigenvalue weighted by Crippen LogP contribution is -2.49. The molecule has 0 aromatic heterocycles. The van der Waals surface area contributed by atoms with E-state index in [2.05, 4.69) is 0 Å². The summed E-state index contributed by atoms with van der Waals surface area (Å²) in [7, 11) is 0. The van der Waals surface area contributed by atoms with E-state index in [1.165, 1.54) is 0 Å². The first kappa shape index (κ1) is 16.4. The first-order valence-electron chi connectivity index (χ1n) is 7.24. The highest BCUT2D eigenvalue weighted by atomic mass is 16.5. The zero-order chi connectivity index (χ0) is 14.4. The molecule has 1 fully saturated rings. The molecule has 0 aromatic carbocycles. The van der Waals surface area contributed by atoms with E-state index in [1.54, 1.807) is 0 Å². The maximum atomic E-state index is 11.5. The summed E-state index contributed by atoms with van der Waals surface area (Å²) in [6.45, 7) is 8.10. The SMILES string of the molecule is CCOC(=O)CN1CC(N)CC(CC(O)C(C)C)C1. The Hall–Kier alpha value is -0.650. The average molecular weight is 272 g/mol. The summed E-state index contributed by atoms with van der Waals surface area (Å²) in [4.78, 5) is 13.5. The van der Waals surface area contributed by atoms with E-state index in [1.807, 2.05) is 25.7 Å². The predicted molar refractivity (Wildman–Crippen MR) is 74.6 cm³/mol. The predicted octanol–water partition coefficient (Wildman–Crippen LogP) is 0.606. The Morgan fingerprint density at radius 1 is 1.47 bits per heavy atom. The second-order valence-corrected chi connectivity index (χ2v) is 5.91. The van der Waals surface area contributed by atoms with Crippen LogP contribution in [0.4, 0.5) is 0 Å². The minimum atomic E-state index is -0.292. The normalized spacial score (nSPS) is 26.4. The molecule has 1 rings (SSSR count). The molecule has 3 atom stereocenters. The third kappa shape index (κ3) is 5.89. The van der Waals surface area contributed by atoms with E-state index < -0.39 is 0 Å². The zero-order valence-corrected chi connectivity index (χ0v) is 12.3. The van der Waals surface area contributed by atoms with E-state index in [0.717, 1.165) is 25.9 Å². The van der Waals surface area contributed by atoms with E-state index in [0.29, 0.717) is 19.1 Å². The van der Waals surface area contributed by atoms with E-state index in [9.17, 15) is 9.90 Å². The number of aliphatic hydroxyl groups is 1. The molecule has 0 bridgehead atoms. The van der Waals surface area contributed by atoms with Crippen LogP contribution in [0.1, 0.15) is 33.6 Å². The monoisotopic (exact) mass is 272 g/mol. The lowest BCUT2D eigenvalue weighted by atomic mass is 9.87. The van der Waals surface area contributed by atoms with Crippen molar-refractivity contribution in [2.24, 2.45) is 17.6 Å². The number of carbonyl (C=O) groups is 1. The third-order valence-electron chi connectivity index (χ3n) is 3.65. The third-order valence-corrected chi connectivity index (χ3v) is 3.65. The quantitative estimate of drug-likeness (QED) is 0.693. The molecule has 1 aliphatic rings. The van der Waals surface area contributed by atoms with Gasteiger partial charge in [0.1, 0.15) is 0 Å². The van der Waals surface area contributed by atoms with Gasteiger partial charge in [0, 0.05) is 19.1 Å². The summed E-state index contributed by atoms with van der Waals surface area (Å²) in [5.74, 6) is 0.423. The minimum Gasteiger partial charge on any atom is -0.465 e. The smallest absolute Gasteiger partial charge is 0.320 e. The fourth-order valence-corrected chi connectivity index (χ4v) is 2.65. The molecular formula is C14H28N2O3. The van der Waals surface area contributed by atoms with Crippen molar-refractivity contribution >= 4 is 5.97 Å². The molecule has 0 spiro atoms. The highest BCUT2D eigenvalue weighted by Gasteiger charge is 2.28. The van der Waals surface area contributed by atoms with Crippen molar-refractivity contribution in [1.82, 2.24) is 4.90 Å². The van der Waals surface area contributed by atoms with Gasteiger partial charge < -0.3 is 15.6 Å². The number of carbonyl (C=O) groups excluding carboxylic acids is 1. The van der Waals surface area contributed by atoms with E-state index in [-0.39, 0.29) is 24.0 Å². The summed E-state index contributed by atoms with van der Waals surface area (Å²) in [6, 6.07) is 0.0764. The number of hydrogen-bond donors (Lipinski definition) is 2. The molecule has 5 nitrogen and oxygen atoms in total. The number of likely N-dealkylation sites (tertiary alicyclic amines) is 1. The van der Waals surface area contributed by atoms with Gasteiger partial charge in [-0.2, -0.15) is 0 Å². The molecule has 0 aliphatic carbocycles. The molecule has 3 unspecified atom stereocenters. The van der Waals surface area contributed by atoms with Crippen molar-refractivity contribution in [2.45, 2.75) is 45.8 Å². The van der Waals surface area contributed by atoms with Gasteiger partial charge in [0.2, 0.25) is 0 Å². The van der Waals surface area contributed by atoms with Crippen molar-refractivity contribution < 1.29 is 14.6 Å². The summed E-state index contributed by atoms with van der Waals surface area (Å²) in [6.07, 6.45) is 1.38. The van der Waals surface area contributed by atoms with Crippen molar-refractivity contribution in [3.05, 3.63) is 0 Å². The van der Waals surface area contributed by atoms with Crippen LogP contribution >= 0.6 is 0 Å². The summed E-state index contributed by atoms with van der Waals surface area (Å²) in [5.41, 5.74) is 6.04. The molecule has 1 heterocycles. The van der Waals surface area contributed by atoms with Gasteiger partial charge in [-0.05, 0) is 31.6 Å². The fourth-order valence-electron chi connectivity index (χ4n) is 2.65. The molecule has 0 amide bonds. The van der Waals surface area contributed by atoms with Crippen LogP contribution in [0.5, 0.6) is 0 Å². The number of esters is 1. The number of piperidine rings is 1. The van der Waals surface area contributed by atoms with Gasteiger partial charge in [-0.1, -0.05) is 13.8 Å². The molecule has 1 saturated heterocycles. The Morgan fingerprint density at radius 3 is 2.74 bits per heavy atom. The maximum absolute atomic E-state index is 11.5. The van der Waals surface area contributed by atoms with Crippen LogP contribution in [0.3, 0.4) is 0 Å². The van der Waals surface area contributed by atoms with Crippen molar-refractivity contribution in [2.75, 3.05) is 26.2 Å². The number of hydrogen-bond acceptors (Lipinski definition) is 5. The number of nitrogens with two attached hydrogens (primary N) is 1. The minimum absolute atomic E-state index is 0.0764. The molecule has 0 saturated carbocycles. The van der Waals surface area contributed by atoms with Gasteiger partial charge in [0.25, 0.3) is 0 Å². The Bertz CT molecular complexity index is 284. The highest BCUT2D eigenvalue weighted by molar-refractivity contribution is 5.71. The average Bonchev–Trinajstić information content (AvgIpc) is 2.27. The van der Waals surface area contributed by atoms with Crippen LogP contribution in [0.2, 0.25) is 0 Å². The number of ether oxygens (including phenoxy) is 1. The van der Waals surface area contributed by atoms with E-state index in [4.69, 9.17) is 10.5 Å². The first-order valence-corrected chi connectivity index (χ1v) is 7.24. The number of aliphatic hydroxyl groups excluding tert-OH is 1. The zero-order valence-electron chi connectivity index (χ0n) is 12.3. The van der Waals surface area contributed by atoms with Gasteiger partial charge in [-0.15, -0.1) is 0 Å². The van der Waals surface area contributed by atoms with Crippen LogP contribution in [0, 0.1) is 11.8 Å². The van der Waals surface area contributed by atoms with Crippen molar-refractivity contribution in [3.8, 4) is 0 Å². The van der Waals surface area contributed by atoms with Gasteiger partial charge >= 0.3 is 5.97 Å². The molecule has 5 heteroatoms. The Labute approximate surface area is 116 Å². The molecule has 0 aromatic rings. The molecule has 0 radical (unpaired) electrons. The second kappa shape index (κ2) is 7.82. The second-order valence-electron chi connectivity index (χ2n) is 5.91. The largest absolute Gasteiger partial charge is 0.465 e. The Kier molecular flexibility index (Phi) is 6.75. The lowest BCUT2D eigenvalue weighted by Gasteiger charge is -2.36. The van der Waals surface area contributed by atoms with Gasteiger partial charge in [0.15, 0.2) is 0 Å². The molecule has 19 heavy (non-hydrogen) atoms. The number of nitrogens with zero attached hydrogens (tertiary/aromatic N) is 1. The van der Waals surface area contributed by atoms with Crippen LogP contribution in [-0.4, -0.2) is 54.4 Å². The Morgan fingerprint density at radius 2 is 2.16 bits per heavy atom. The summed E-state index contributed by atoms with van der Waals surface area (Å²) >= 11 is 0. The molecule has 3 N–H and O–H groups in total. The van der Waals surface area contributed by atoms with Crippen LogP contribution in [0.25, 0.3) is 0 Å². The number of rotatable bonds is 6. The molecule has 1 aliphatic heterocycles. The standard InChI is InChI=1S/C14H28N2O3/c1-4-19-14(18)9-16-7-11(5-12(15)8-16)6-13(17)10(2)3/h10-13,17H,4-9,15H2,1-3H3. The first-order chi connectivity index (χ1) is 8.92. The van der Waals surface area contributed by atoms with Crippen LogP contribution < -0.4 is 5.73 Å². The summed E-state index contributed by atoms with van der Waals surface area (Å²) < 4.78 is 4.96. The van der Waals surface area contributed by atoms with Gasteiger partial charge in [-0.3, -0.25) is 9.69 Å².